The van der Waals surface area contributed by atoms with Crippen LogP contribution in [0.25, 0.3) is 0 Å². The van der Waals surface area contributed by atoms with Gasteiger partial charge in [-0.25, -0.2) is 4.79 Å². The first kappa shape index (κ1) is 22.0. The van der Waals surface area contributed by atoms with Gasteiger partial charge in [-0.3, -0.25) is 18.9 Å². The summed E-state index contributed by atoms with van der Waals surface area (Å²) < 4.78 is 36.1. The van der Waals surface area contributed by atoms with Crippen LogP contribution < -0.4 is 11.2 Å². The Balaban J connectivity index is 0.000000221. The zero-order chi connectivity index (χ0) is 21.1. The number of aromatic nitrogens is 2. The number of benzene rings is 1. The second kappa shape index (κ2) is 8.80. The molecule has 0 saturated carbocycles. The summed E-state index contributed by atoms with van der Waals surface area (Å²) in [6.45, 7) is 3.10. The zero-order valence-electron chi connectivity index (χ0n) is 15.3. The summed E-state index contributed by atoms with van der Waals surface area (Å²) in [5.41, 5.74) is 0.312. The number of nitrogens with zero attached hydrogens (tertiary/aromatic N) is 1. The minimum atomic E-state index is -4.02. The predicted molar refractivity (Wildman–Crippen MR) is 98.7 cm³/mol. The van der Waals surface area contributed by atoms with Crippen LogP contribution in [0.3, 0.4) is 0 Å². The van der Waals surface area contributed by atoms with Crippen LogP contribution in [0.5, 0.6) is 0 Å². The lowest BCUT2D eigenvalue weighted by Crippen LogP contribution is -2.33. The van der Waals surface area contributed by atoms with E-state index in [4.69, 9.17) is 14.4 Å². The minimum absolute atomic E-state index is 0.0666. The molecule has 0 unspecified atom stereocenters. The fraction of sp³-hybridized carbons (Fsp3) is 0.412. The molecule has 154 valence electrons. The van der Waals surface area contributed by atoms with Crippen LogP contribution in [-0.2, 0) is 14.9 Å². The molecule has 1 aromatic heterocycles. The fourth-order valence-electron chi connectivity index (χ4n) is 2.56. The molecular weight excluding hydrogens is 392 g/mol. The monoisotopic (exact) mass is 414 g/mol. The standard InChI is InChI=1S/C10H14N2O5.C7H8O3S/c1-5-3-12(10(16)11-9(5)15)8-2-6(14)7(4-13)17-8;1-6-2-4-7(5-3-6)11(8,9)10/h3,6-8,13-14H,2,4H2,1H3,(H,11,15,16);2-5H,1H3,(H,8,9,10)/t6-,7+,8+;/m0./s1. The number of hydrogen-bond donors (Lipinski definition) is 4. The Morgan fingerprint density at radius 2 is 1.82 bits per heavy atom. The van der Waals surface area contributed by atoms with Crippen molar-refractivity contribution in [3.8, 4) is 0 Å². The molecular formula is C17H22N2O8S. The van der Waals surface area contributed by atoms with E-state index >= 15 is 0 Å². The van der Waals surface area contributed by atoms with Gasteiger partial charge in [0.25, 0.3) is 15.7 Å². The normalized spacial score (nSPS) is 21.8. The molecule has 1 fully saturated rings. The van der Waals surface area contributed by atoms with Crippen molar-refractivity contribution >= 4 is 10.1 Å². The zero-order valence-corrected chi connectivity index (χ0v) is 16.1. The highest BCUT2D eigenvalue weighted by molar-refractivity contribution is 7.85. The van der Waals surface area contributed by atoms with Gasteiger partial charge in [0.1, 0.15) is 12.3 Å². The van der Waals surface area contributed by atoms with E-state index in [0.29, 0.717) is 5.56 Å². The van der Waals surface area contributed by atoms with Gasteiger partial charge in [0.15, 0.2) is 0 Å². The van der Waals surface area contributed by atoms with E-state index in [0.717, 1.165) is 5.56 Å². The Morgan fingerprint density at radius 3 is 2.32 bits per heavy atom. The SMILES string of the molecule is Cc1ccc(S(=O)(=O)O)cc1.Cc1cn([C@H]2C[C@H](O)[C@@H](CO)O2)c(=O)[nH]c1=O. The van der Waals surface area contributed by atoms with Crippen LogP contribution in [0.2, 0.25) is 0 Å². The number of aliphatic hydroxyl groups is 2. The van der Waals surface area contributed by atoms with Crippen LogP contribution in [-0.4, -0.2) is 51.5 Å². The molecule has 1 aliphatic rings. The smallest absolute Gasteiger partial charge is 0.330 e. The maximum absolute atomic E-state index is 11.6. The molecule has 4 N–H and O–H groups in total. The van der Waals surface area contributed by atoms with E-state index in [2.05, 4.69) is 4.98 Å². The summed E-state index contributed by atoms with van der Waals surface area (Å²) in [5.74, 6) is 0. The van der Waals surface area contributed by atoms with Crippen molar-refractivity contribution in [3.63, 3.8) is 0 Å². The van der Waals surface area contributed by atoms with E-state index < -0.39 is 39.8 Å². The van der Waals surface area contributed by atoms with Gasteiger partial charge >= 0.3 is 5.69 Å². The summed E-state index contributed by atoms with van der Waals surface area (Å²) in [7, 11) is -4.02. The molecule has 0 spiro atoms. The average Bonchev–Trinajstić information content (AvgIpc) is 2.99. The third-order valence-corrected chi connectivity index (χ3v) is 5.03. The molecule has 1 saturated heterocycles. The first-order valence-corrected chi connectivity index (χ1v) is 9.77. The summed E-state index contributed by atoms with van der Waals surface area (Å²) in [4.78, 5) is 24.8. The molecule has 0 amide bonds. The summed E-state index contributed by atoms with van der Waals surface area (Å²) >= 11 is 0. The Bertz CT molecular complexity index is 1030. The van der Waals surface area contributed by atoms with Crippen LogP contribution in [0, 0.1) is 13.8 Å². The van der Waals surface area contributed by atoms with Gasteiger partial charge in [-0.05, 0) is 26.0 Å². The second-order valence-corrected chi connectivity index (χ2v) is 7.80. The maximum Gasteiger partial charge on any atom is 0.330 e. The molecule has 2 aromatic rings. The van der Waals surface area contributed by atoms with Gasteiger partial charge in [0, 0.05) is 18.2 Å². The lowest BCUT2D eigenvalue weighted by Gasteiger charge is -2.14. The van der Waals surface area contributed by atoms with Gasteiger partial charge in [0.05, 0.1) is 17.6 Å². The number of hydrogen-bond acceptors (Lipinski definition) is 7. The Kier molecular flexibility index (Phi) is 6.91. The molecule has 3 atom stereocenters. The molecule has 11 heteroatoms. The van der Waals surface area contributed by atoms with Crippen LogP contribution in [0.1, 0.15) is 23.8 Å². The largest absolute Gasteiger partial charge is 0.394 e. The van der Waals surface area contributed by atoms with Gasteiger partial charge < -0.3 is 14.9 Å². The molecule has 0 bridgehead atoms. The first-order chi connectivity index (χ1) is 13.0. The lowest BCUT2D eigenvalue weighted by molar-refractivity contribution is -0.0459. The van der Waals surface area contributed by atoms with Gasteiger partial charge in [-0.1, -0.05) is 17.7 Å². The van der Waals surface area contributed by atoms with Gasteiger partial charge in [-0.15, -0.1) is 0 Å². The number of aliphatic hydroxyl groups excluding tert-OH is 2. The molecule has 28 heavy (non-hydrogen) atoms. The Hall–Kier alpha value is -2.31. The molecule has 10 nitrogen and oxygen atoms in total. The minimum Gasteiger partial charge on any atom is -0.394 e. The summed E-state index contributed by atoms with van der Waals surface area (Å²) in [5, 5.41) is 18.5. The van der Waals surface area contributed by atoms with Crippen molar-refractivity contribution in [3.05, 3.63) is 62.4 Å². The van der Waals surface area contributed by atoms with E-state index in [1.54, 1.807) is 19.1 Å². The lowest BCUT2D eigenvalue weighted by atomic mass is 10.2. The summed E-state index contributed by atoms with van der Waals surface area (Å²) in [6.07, 6.45) is -0.581. The van der Waals surface area contributed by atoms with E-state index in [9.17, 15) is 23.1 Å². The fourth-order valence-corrected chi connectivity index (χ4v) is 3.04. The van der Waals surface area contributed by atoms with Gasteiger partial charge in [0.2, 0.25) is 0 Å². The third kappa shape index (κ3) is 5.36. The van der Waals surface area contributed by atoms with Crippen molar-refractivity contribution < 1.29 is 27.9 Å². The highest BCUT2D eigenvalue weighted by Gasteiger charge is 2.34. The van der Waals surface area contributed by atoms with Crippen molar-refractivity contribution in [2.75, 3.05) is 6.61 Å². The Morgan fingerprint density at radius 1 is 1.21 bits per heavy atom. The first-order valence-electron chi connectivity index (χ1n) is 8.33. The third-order valence-electron chi connectivity index (χ3n) is 4.16. The predicted octanol–water partition coefficient (Wildman–Crippen LogP) is -0.273. The van der Waals surface area contributed by atoms with Crippen LogP contribution in [0.4, 0.5) is 0 Å². The highest BCUT2D eigenvalue weighted by atomic mass is 32.2. The number of aromatic amines is 1. The molecule has 1 aliphatic heterocycles. The highest BCUT2D eigenvalue weighted by Crippen LogP contribution is 2.27. The number of nitrogens with one attached hydrogen (secondary N) is 1. The van der Waals surface area contributed by atoms with Crippen molar-refractivity contribution in [2.45, 2.75) is 43.6 Å². The van der Waals surface area contributed by atoms with Crippen molar-refractivity contribution in [2.24, 2.45) is 0 Å². The topological polar surface area (TPSA) is 159 Å². The number of aryl methyl sites for hydroxylation is 2. The summed E-state index contributed by atoms with van der Waals surface area (Å²) in [6, 6.07) is 5.99. The second-order valence-electron chi connectivity index (χ2n) is 6.38. The van der Waals surface area contributed by atoms with Crippen LogP contribution in [0.15, 0.2) is 44.9 Å². The molecule has 0 aliphatic carbocycles. The number of rotatable bonds is 3. The van der Waals surface area contributed by atoms with E-state index in [1.165, 1.54) is 22.9 Å². The van der Waals surface area contributed by atoms with Crippen molar-refractivity contribution in [1.29, 1.82) is 0 Å². The van der Waals surface area contributed by atoms with Crippen LogP contribution >= 0.6 is 0 Å². The van der Waals surface area contributed by atoms with E-state index in [-0.39, 0.29) is 17.9 Å². The van der Waals surface area contributed by atoms with Gasteiger partial charge in [-0.2, -0.15) is 8.42 Å². The van der Waals surface area contributed by atoms with Crippen molar-refractivity contribution in [1.82, 2.24) is 9.55 Å². The molecule has 2 heterocycles. The number of H-pyrrole nitrogens is 1. The maximum atomic E-state index is 11.6. The molecule has 3 rings (SSSR count). The average molecular weight is 414 g/mol. The molecule has 0 radical (unpaired) electrons. The quantitative estimate of drug-likeness (QED) is 0.499. The number of ether oxygens (including phenoxy) is 1. The Labute approximate surface area is 160 Å². The van der Waals surface area contributed by atoms with E-state index in [1.807, 2.05) is 6.92 Å². The molecule has 1 aromatic carbocycles.